The first kappa shape index (κ1) is 14.8. The van der Waals surface area contributed by atoms with Crippen molar-refractivity contribution in [2.75, 3.05) is 12.4 Å². The number of rotatable bonds is 5. The first-order chi connectivity index (χ1) is 9.56. The van der Waals surface area contributed by atoms with Crippen LogP contribution in [0.3, 0.4) is 0 Å². The summed E-state index contributed by atoms with van der Waals surface area (Å²) in [6.07, 6.45) is 0. The average molecular weight is 288 g/mol. The van der Waals surface area contributed by atoms with Crippen molar-refractivity contribution in [3.63, 3.8) is 0 Å². The van der Waals surface area contributed by atoms with Gasteiger partial charge in [0, 0.05) is 12.2 Å². The number of amides is 1. The molecule has 2 rings (SSSR count). The molecule has 0 radical (unpaired) electrons. The summed E-state index contributed by atoms with van der Waals surface area (Å²) in [5.41, 5.74) is 3.24. The van der Waals surface area contributed by atoms with Crippen molar-refractivity contribution in [1.82, 2.24) is 4.90 Å². The first-order valence-corrected chi connectivity index (χ1v) is 7.59. The highest BCUT2D eigenvalue weighted by molar-refractivity contribution is 7.07. The summed E-state index contributed by atoms with van der Waals surface area (Å²) in [5, 5.41) is 7.13. The molecule has 106 valence electrons. The fourth-order valence-corrected chi connectivity index (χ4v) is 2.64. The quantitative estimate of drug-likeness (QED) is 0.913. The monoisotopic (exact) mass is 288 g/mol. The molecule has 0 aliphatic rings. The topological polar surface area (TPSA) is 32.3 Å². The number of thiophene rings is 1. The Balaban J connectivity index is 1.94. The van der Waals surface area contributed by atoms with Crippen molar-refractivity contribution in [3.05, 3.63) is 52.2 Å². The van der Waals surface area contributed by atoms with Gasteiger partial charge in [-0.05, 0) is 61.0 Å². The van der Waals surface area contributed by atoms with Crippen molar-refractivity contribution in [3.8, 4) is 0 Å². The van der Waals surface area contributed by atoms with Crippen LogP contribution in [-0.4, -0.2) is 23.9 Å². The minimum Gasteiger partial charge on any atom is -0.325 e. The zero-order valence-corrected chi connectivity index (χ0v) is 12.9. The molecule has 1 heterocycles. The van der Waals surface area contributed by atoms with Crippen LogP contribution in [0.1, 0.15) is 18.1 Å². The fourth-order valence-electron chi connectivity index (χ4n) is 1.98. The van der Waals surface area contributed by atoms with Gasteiger partial charge >= 0.3 is 0 Å². The van der Waals surface area contributed by atoms with Crippen LogP contribution in [0.5, 0.6) is 0 Å². The summed E-state index contributed by atoms with van der Waals surface area (Å²) in [7, 11) is 1.97. The number of carbonyl (C=O) groups excluding carboxylic acids is 1. The standard InChI is InChI=1S/C16H20N2OS/c1-12-5-4-6-15(9-12)17-16(19)13(2)18(3)10-14-7-8-20-11-14/h4-9,11,13H,10H2,1-3H3,(H,17,19)/t13-/m1/s1. The van der Waals surface area contributed by atoms with Gasteiger partial charge in [-0.25, -0.2) is 0 Å². The Morgan fingerprint density at radius 3 is 2.85 bits per heavy atom. The number of anilines is 1. The van der Waals surface area contributed by atoms with Crippen LogP contribution in [0.25, 0.3) is 0 Å². The molecule has 1 aromatic carbocycles. The van der Waals surface area contributed by atoms with Gasteiger partial charge in [0.15, 0.2) is 0 Å². The van der Waals surface area contributed by atoms with E-state index in [0.29, 0.717) is 0 Å². The lowest BCUT2D eigenvalue weighted by molar-refractivity contribution is -0.120. The van der Waals surface area contributed by atoms with Crippen molar-refractivity contribution < 1.29 is 4.79 Å². The van der Waals surface area contributed by atoms with Gasteiger partial charge in [-0.3, -0.25) is 9.69 Å². The summed E-state index contributed by atoms with van der Waals surface area (Å²) in [4.78, 5) is 14.3. The molecule has 1 aromatic heterocycles. The molecule has 0 aliphatic heterocycles. The minimum atomic E-state index is -0.171. The van der Waals surface area contributed by atoms with E-state index in [1.165, 1.54) is 5.56 Å². The third-order valence-corrected chi connectivity index (χ3v) is 4.07. The molecule has 0 spiro atoms. The van der Waals surface area contributed by atoms with E-state index in [1.54, 1.807) is 11.3 Å². The van der Waals surface area contributed by atoms with Crippen LogP contribution in [-0.2, 0) is 11.3 Å². The zero-order valence-electron chi connectivity index (χ0n) is 12.1. The van der Waals surface area contributed by atoms with E-state index in [0.717, 1.165) is 17.8 Å². The van der Waals surface area contributed by atoms with Gasteiger partial charge in [-0.15, -0.1) is 0 Å². The van der Waals surface area contributed by atoms with Gasteiger partial charge in [0.25, 0.3) is 0 Å². The Morgan fingerprint density at radius 1 is 1.40 bits per heavy atom. The fraction of sp³-hybridized carbons (Fsp3) is 0.312. The Kier molecular flexibility index (Phi) is 4.93. The molecule has 0 aliphatic carbocycles. The van der Waals surface area contributed by atoms with Crippen LogP contribution in [0, 0.1) is 6.92 Å². The maximum absolute atomic E-state index is 12.2. The van der Waals surface area contributed by atoms with Crippen molar-refractivity contribution in [1.29, 1.82) is 0 Å². The third-order valence-electron chi connectivity index (χ3n) is 3.34. The van der Waals surface area contributed by atoms with Gasteiger partial charge in [-0.1, -0.05) is 12.1 Å². The lowest BCUT2D eigenvalue weighted by Gasteiger charge is -2.23. The Bertz CT molecular complexity index is 566. The van der Waals surface area contributed by atoms with Gasteiger partial charge in [0.2, 0.25) is 5.91 Å². The molecule has 3 nitrogen and oxygen atoms in total. The van der Waals surface area contributed by atoms with Crippen LogP contribution in [0.15, 0.2) is 41.1 Å². The molecular formula is C16H20N2OS. The smallest absolute Gasteiger partial charge is 0.241 e. The maximum Gasteiger partial charge on any atom is 0.241 e. The number of nitrogens with one attached hydrogen (secondary N) is 1. The molecule has 2 aromatic rings. The second kappa shape index (κ2) is 6.68. The second-order valence-corrected chi connectivity index (χ2v) is 5.86. The van der Waals surface area contributed by atoms with Gasteiger partial charge in [-0.2, -0.15) is 11.3 Å². The highest BCUT2D eigenvalue weighted by Crippen LogP contribution is 2.13. The van der Waals surface area contributed by atoms with E-state index in [9.17, 15) is 4.79 Å². The predicted molar refractivity (Wildman–Crippen MR) is 85.1 cm³/mol. The molecule has 0 unspecified atom stereocenters. The molecular weight excluding hydrogens is 268 g/mol. The SMILES string of the molecule is Cc1cccc(NC(=O)[C@@H](C)N(C)Cc2ccsc2)c1. The number of hydrogen-bond donors (Lipinski definition) is 1. The van der Waals surface area contributed by atoms with Crippen LogP contribution in [0.4, 0.5) is 5.69 Å². The maximum atomic E-state index is 12.2. The normalized spacial score (nSPS) is 12.4. The Labute approximate surface area is 124 Å². The zero-order chi connectivity index (χ0) is 14.5. The Morgan fingerprint density at radius 2 is 2.20 bits per heavy atom. The van der Waals surface area contributed by atoms with E-state index in [1.807, 2.05) is 50.1 Å². The molecule has 0 fully saturated rings. The number of carbonyl (C=O) groups is 1. The van der Waals surface area contributed by atoms with E-state index in [-0.39, 0.29) is 11.9 Å². The van der Waals surface area contributed by atoms with Crippen LogP contribution < -0.4 is 5.32 Å². The average Bonchev–Trinajstić information content (AvgIpc) is 2.90. The summed E-state index contributed by atoms with van der Waals surface area (Å²) in [5.74, 6) is 0.0216. The van der Waals surface area contributed by atoms with Crippen molar-refractivity contribution in [2.24, 2.45) is 0 Å². The molecule has 0 bridgehead atoms. The van der Waals surface area contributed by atoms with Crippen molar-refractivity contribution in [2.45, 2.75) is 26.4 Å². The first-order valence-electron chi connectivity index (χ1n) is 6.65. The van der Waals surface area contributed by atoms with E-state index in [2.05, 4.69) is 22.1 Å². The van der Waals surface area contributed by atoms with Crippen LogP contribution in [0.2, 0.25) is 0 Å². The summed E-state index contributed by atoms with van der Waals surface area (Å²) in [6, 6.07) is 9.77. The van der Waals surface area contributed by atoms with Gasteiger partial charge < -0.3 is 5.32 Å². The largest absolute Gasteiger partial charge is 0.325 e. The molecule has 0 saturated carbocycles. The summed E-state index contributed by atoms with van der Waals surface area (Å²) < 4.78 is 0. The molecule has 4 heteroatoms. The number of aryl methyl sites for hydroxylation is 1. The lowest BCUT2D eigenvalue weighted by Crippen LogP contribution is -2.39. The molecule has 0 saturated heterocycles. The molecule has 20 heavy (non-hydrogen) atoms. The molecule has 1 N–H and O–H groups in total. The van der Waals surface area contributed by atoms with E-state index >= 15 is 0 Å². The molecule has 1 amide bonds. The van der Waals surface area contributed by atoms with Crippen molar-refractivity contribution >= 4 is 22.9 Å². The van der Waals surface area contributed by atoms with Gasteiger partial charge in [0.1, 0.15) is 0 Å². The number of hydrogen-bond acceptors (Lipinski definition) is 3. The highest BCUT2D eigenvalue weighted by Gasteiger charge is 2.18. The summed E-state index contributed by atoms with van der Waals surface area (Å²) in [6.45, 7) is 4.73. The van der Waals surface area contributed by atoms with E-state index in [4.69, 9.17) is 0 Å². The Hall–Kier alpha value is -1.65. The number of nitrogens with zero attached hydrogens (tertiary/aromatic N) is 1. The molecule has 1 atom stereocenters. The minimum absolute atomic E-state index is 0.0216. The van der Waals surface area contributed by atoms with E-state index < -0.39 is 0 Å². The number of likely N-dealkylation sites (N-methyl/N-ethyl adjacent to an activating group) is 1. The van der Waals surface area contributed by atoms with Gasteiger partial charge in [0.05, 0.1) is 6.04 Å². The summed E-state index contributed by atoms with van der Waals surface area (Å²) >= 11 is 1.68. The highest BCUT2D eigenvalue weighted by atomic mass is 32.1. The predicted octanol–water partition coefficient (Wildman–Crippen LogP) is 3.52. The third kappa shape index (κ3) is 3.92. The second-order valence-electron chi connectivity index (χ2n) is 5.08. The number of benzene rings is 1. The van der Waals surface area contributed by atoms with Crippen LogP contribution >= 0.6 is 11.3 Å². The lowest BCUT2D eigenvalue weighted by atomic mass is 10.2.